The minimum absolute atomic E-state index is 0.373. The van der Waals surface area contributed by atoms with E-state index < -0.39 is 6.17 Å². The van der Waals surface area contributed by atoms with Crippen LogP contribution in [0, 0.1) is 9.49 Å². The fourth-order valence-electron chi connectivity index (χ4n) is 3.53. The van der Waals surface area contributed by atoms with Crippen LogP contribution >= 0.6 is 34.4 Å². The Hall–Kier alpha value is -1.46. The molecule has 0 spiro atoms. The van der Waals surface area contributed by atoms with Gasteiger partial charge in [0.25, 0.3) is 0 Å². The number of nitrogens with two attached hydrogens (primary N) is 1. The first-order valence-corrected chi connectivity index (χ1v) is 11.6. The molecule has 0 saturated heterocycles. The maximum absolute atomic E-state index is 14.3. The highest BCUT2D eigenvalue weighted by Crippen LogP contribution is 2.41. The summed E-state index contributed by atoms with van der Waals surface area (Å²) in [7, 11) is 0. The molecular formula is C20H24FIN6S. The lowest BCUT2D eigenvalue weighted by Gasteiger charge is -2.12. The molecule has 0 fully saturated rings. The van der Waals surface area contributed by atoms with E-state index in [9.17, 15) is 4.39 Å². The average molecular weight is 526 g/mol. The van der Waals surface area contributed by atoms with Crippen LogP contribution in [0.15, 0.2) is 28.5 Å². The lowest BCUT2D eigenvalue weighted by atomic mass is 10.1. The Balaban J connectivity index is 1.67. The number of anilines is 1. The molecule has 9 heteroatoms. The minimum Gasteiger partial charge on any atom is -0.382 e. The Kier molecular flexibility index (Phi) is 6.26. The van der Waals surface area contributed by atoms with Gasteiger partial charge in [-0.05, 0) is 71.2 Å². The van der Waals surface area contributed by atoms with Gasteiger partial charge in [-0.15, -0.1) is 0 Å². The van der Waals surface area contributed by atoms with Crippen molar-refractivity contribution >= 4 is 51.3 Å². The van der Waals surface area contributed by atoms with Crippen molar-refractivity contribution in [1.29, 1.82) is 0 Å². The quantitative estimate of drug-likeness (QED) is 0.352. The number of hydrogen-bond donors (Lipinski definition) is 2. The van der Waals surface area contributed by atoms with Crippen LogP contribution < -0.4 is 11.1 Å². The van der Waals surface area contributed by atoms with E-state index in [0.717, 1.165) is 56.5 Å². The van der Waals surface area contributed by atoms with E-state index in [1.165, 1.54) is 18.1 Å². The Morgan fingerprint density at radius 3 is 3.00 bits per heavy atom. The average Bonchev–Trinajstić information content (AvgIpc) is 3.21. The molecule has 2 heterocycles. The van der Waals surface area contributed by atoms with Crippen molar-refractivity contribution in [1.82, 2.24) is 24.8 Å². The maximum atomic E-state index is 14.3. The molecule has 0 saturated carbocycles. The third-order valence-electron chi connectivity index (χ3n) is 4.99. The van der Waals surface area contributed by atoms with E-state index in [4.69, 9.17) is 10.7 Å². The van der Waals surface area contributed by atoms with Crippen molar-refractivity contribution in [2.45, 2.75) is 49.5 Å². The van der Waals surface area contributed by atoms with Gasteiger partial charge in [-0.1, -0.05) is 25.6 Å². The van der Waals surface area contributed by atoms with Crippen molar-refractivity contribution in [2.75, 3.05) is 18.8 Å². The SMILES string of the molecule is CC(C)CNCCn1c(Sc2cc3c(cc2I)CCC3F)nc2c(N)ncnc21. The summed E-state index contributed by atoms with van der Waals surface area (Å²) >= 11 is 3.86. The number of hydrogen-bond acceptors (Lipinski definition) is 6. The van der Waals surface area contributed by atoms with E-state index in [-0.39, 0.29) is 0 Å². The molecule has 6 nitrogen and oxygen atoms in total. The highest BCUT2D eigenvalue weighted by molar-refractivity contribution is 14.1. The summed E-state index contributed by atoms with van der Waals surface area (Å²) in [5.74, 6) is 0.959. The van der Waals surface area contributed by atoms with Gasteiger partial charge in [0.15, 0.2) is 22.1 Å². The fourth-order valence-corrected chi connectivity index (χ4v) is 5.35. The van der Waals surface area contributed by atoms with Gasteiger partial charge in [0.2, 0.25) is 0 Å². The number of halogens is 2. The molecule has 0 radical (unpaired) electrons. The molecule has 0 bridgehead atoms. The van der Waals surface area contributed by atoms with Gasteiger partial charge in [-0.3, -0.25) is 0 Å². The summed E-state index contributed by atoms with van der Waals surface area (Å²) in [6, 6.07) is 4.08. The molecule has 29 heavy (non-hydrogen) atoms. The van der Waals surface area contributed by atoms with Crippen LogP contribution in [0.1, 0.15) is 37.6 Å². The molecule has 3 aromatic rings. The second kappa shape index (κ2) is 8.73. The number of aryl methyl sites for hydroxylation is 1. The van der Waals surface area contributed by atoms with E-state index in [1.807, 2.05) is 6.07 Å². The van der Waals surface area contributed by atoms with Gasteiger partial charge in [0.1, 0.15) is 12.5 Å². The van der Waals surface area contributed by atoms with Crippen molar-refractivity contribution in [3.8, 4) is 0 Å². The van der Waals surface area contributed by atoms with E-state index in [0.29, 0.717) is 23.7 Å². The Morgan fingerprint density at radius 2 is 2.21 bits per heavy atom. The summed E-state index contributed by atoms with van der Waals surface area (Å²) in [6.45, 7) is 6.84. The van der Waals surface area contributed by atoms with Crippen molar-refractivity contribution < 1.29 is 4.39 Å². The Bertz CT molecular complexity index is 1040. The third-order valence-corrected chi connectivity index (χ3v) is 7.30. The molecule has 0 aliphatic heterocycles. The number of nitrogens with one attached hydrogen (secondary N) is 1. The van der Waals surface area contributed by atoms with E-state index >= 15 is 0 Å². The number of nitrogen functional groups attached to an aromatic ring is 1. The summed E-state index contributed by atoms with van der Waals surface area (Å²) in [5.41, 5.74) is 9.31. The minimum atomic E-state index is -0.873. The van der Waals surface area contributed by atoms with Gasteiger partial charge in [-0.2, -0.15) is 0 Å². The Morgan fingerprint density at radius 1 is 1.38 bits per heavy atom. The first kappa shape index (κ1) is 20.8. The molecule has 0 amide bonds. The molecular weight excluding hydrogens is 502 g/mol. The molecule has 1 aliphatic carbocycles. The monoisotopic (exact) mass is 526 g/mol. The number of aromatic nitrogens is 4. The lowest BCUT2D eigenvalue weighted by Crippen LogP contribution is -2.24. The van der Waals surface area contributed by atoms with Gasteiger partial charge in [0.05, 0.1) is 0 Å². The molecule has 1 atom stereocenters. The second-order valence-corrected chi connectivity index (χ2v) is 9.84. The number of nitrogens with zero attached hydrogens (tertiary/aromatic N) is 4. The van der Waals surface area contributed by atoms with Crippen LogP contribution in [0.3, 0.4) is 0 Å². The number of benzene rings is 1. The normalized spacial score (nSPS) is 16.1. The molecule has 1 aromatic carbocycles. The van der Waals surface area contributed by atoms with Crippen LogP contribution in [-0.2, 0) is 13.0 Å². The maximum Gasteiger partial charge on any atom is 0.175 e. The molecule has 2 aromatic heterocycles. The van der Waals surface area contributed by atoms with Crippen LogP contribution in [0.5, 0.6) is 0 Å². The van der Waals surface area contributed by atoms with Gasteiger partial charge >= 0.3 is 0 Å². The predicted octanol–water partition coefficient (Wildman–Crippen LogP) is 4.37. The molecule has 1 aliphatic rings. The number of fused-ring (bicyclic) bond motifs is 2. The highest BCUT2D eigenvalue weighted by atomic mass is 127. The standard InChI is InChI=1S/C20H24FIN6S/c1-11(2)9-24-5-6-28-19-17(18(23)25-10-26-19)27-20(28)29-16-8-13-12(7-15(16)22)3-4-14(13)21/h7-8,10-11,14,24H,3-6,9H2,1-2H3,(H2,23,25,26). The molecule has 154 valence electrons. The van der Waals surface area contributed by atoms with Gasteiger partial charge in [-0.25, -0.2) is 19.3 Å². The van der Waals surface area contributed by atoms with Crippen LogP contribution in [0.4, 0.5) is 10.2 Å². The highest BCUT2D eigenvalue weighted by Gasteiger charge is 2.24. The number of alkyl halides is 1. The lowest BCUT2D eigenvalue weighted by molar-refractivity contribution is 0.343. The van der Waals surface area contributed by atoms with E-state index in [1.54, 1.807) is 0 Å². The fraction of sp³-hybridized carbons (Fsp3) is 0.450. The first-order chi connectivity index (χ1) is 13.9. The van der Waals surface area contributed by atoms with Crippen LogP contribution in [0.25, 0.3) is 11.2 Å². The van der Waals surface area contributed by atoms with E-state index in [2.05, 4.69) is 62.4 Å². The summed E-state index contributed by atoms with van der Waals surface area (Å²) < 4.78 is 17.4. The molecule has 1 unspecified atom stereocenters. The second-order valence-electron chi connectivity index (χ2n) is 7.66. The largest absolute Gasteiger partial charge is 0.382 e. The number of rotatable bonds is 7. The van der Waals surface area contributed by atoms with Gasteiger partial charge < -0.3 is 15.6 Å². The summed E-state index contributed by atoms with van der Waals surface area (Å²) in [4.78, 5) is 14.2. The summed E-state index contributed by atoms with van der Waals surface area (Å²) in [6.07, 6.45) is 1.98. The first-order valence-electron chi connectivity index (χ1n) is 9.75. The molecule has 4 rings (SSSR count). The van der Waals surface area contributed by atoms with Gasteiger partial charge in [0, 0.05) is 21.6 Å². The third kappa shape index (κ3) is 4.36. The number of imidazole rings is 1. The predicted molar refractivity (Wildman–Crippen MR) is 123 cm³/mol. The van der Waals surface area contributed by atoms with Crippen molar-refractivity contribution in [2.24, 2.45) is 5.92 Å². The van der Waals surface area contributed by atoms with Crippen molar-refractivity contribution in [3.63, 3.8) is 0 Å². The summed E-state index contributed by atoms with van der Waals surface area (Å²) in [5, 5.41) is 4.26. The topological polar surface area (TPSA) is 81.7 Å². The smallest absolute Gasteiger partial charge is 0.175 e. The molecule has 3 N–H and O–H groups in total. The zero-order chi connectivity index (χ0) is 20.5. The Labute approximate surface area is 187 Å². The van der Waals surface area contributed by atoms with Crippen molar-refractivity contribution in [3.05, 3.63) is 33.2 Å². The van der Waals surface area contributed by atoms with Crippen LogP contribution in [-0.4, -0.2) is 32.6 Å². The zero-order valence-corrected chi connectivity index (χ0v) is 19.4. The zero-order valence-electron chi connectivity index (χ0n) is 16.5. The van der Waals surface area contributed by atoms with Crippen LogP contribution in [0.2, 0.25) is 0 Å².